The third-order valence-corrected chi connectivity index (χ3v) is 3.06. The molecule has 0 saturated carbocycles. The van der Waals surface area contributed by atoms with E-state index in [-0.39, 0.29) is 5.13 Å². The molecule has 0 fully saturated rings. The summed E-state index contributed by atoms with van der Waals surface area (Å²) >= 11 is 6.90. The second kappa shape index (κ2) is 5.77. The third kappa shape index (κ3) is 3.73. The van der Waals surface area contributed by atoms with Gasteiger partial charge in [0.05, 0.1) is 0 Å². The van der Waals surface area contributed by atoms with Crippen molar-refractivity contribution in [1.29, 1.82) is 0 Å². The van der Waals surface area contributed by atoms with E-state index in [0.29, 0.717) is 15.7 Å². The molecule has 0 aliphatic heterocycles. The van der Waals surface area contributed by atoms with E-state index in [1.807, 2.05) is 0 Å². The first-order valence-electron chi connectivity index (χ1n) is 5.22. The average molecular weight is 297 g/mol. The molecule has 0 unspecified atom stereocenters. The van der Waals surface area contributed by atoms with E-state index < -0.39 is 11.8 Å². The van der Waals surface area contributed by atoms with Crippen molar-refractivity contribution in [2.45, 2.75) is 6.92 Å². The first-order chi connectivity index (χ1) is 9.04. The second-order valence-corrected chi connectivity index (χ2v) is 5.16. The highest BCUT2D eigenvalue weighted by Gasteiger charge is 2.15. The highest BCUT2D eigenvalue weighted by atomic mass is 35.5. The van der Waals surface area contributed by atoms with Gasteiger partial charge in [-0.1, -0.05) is 22.9 Å². The van der Waals surface area contributed by atoms with Crippen molar-refractivity contribution in [1.82, 2.24) is 10.2 Å². The van der Waals surface area contributed by atoms with Crippen LogP contribution in [0.5, 0.6) is 0 Å². The van der Waals surface area contributed by atoms with Gasteiger partial charge >= 0.3 is 11.8 Å². The summed E-state index contributed by atoms with van der Waals surface area (Å²) < 4.78 is 0. The largest absolute Gasteiger partial charge is 0.318 e. The van der Waals surface area contributed by atoms with E-state index in [9.17, 15) is 9.59 Å². The highest BCUT2D eigenvalue weighted by molar-refractivity contribution is 7.15. The molecule has 2 aromatic rings. The summed E-state index contributed by atoms with van der Waals surface area (Å²) in [6.45, 7) is 1.75. The quantitative estimate of drug-likeness (QED) is 0.831. The van der Waals surface area contributed by atoms with Gasteiger partial charge in [0.15, 0.2) is 0 Å². The Labute approximate surface area is 117 Å². The summed E-state index contributed by atoms with van der Waals surface area (Å²) in [4.78, 5) is 23.2. The molecule has 0 saturated heterocycles. The number of benzene rings is 1. The van der Waals surface area contributed by atoms with E-state index in [4.69, 9.17) is 11.6 Å². The van der Waals surface area contributed by atoms with Crippen LogP contribution < -0.4 is 10.6 Å². The van der Waals surface area contributed by atoms with Gasteiger partial charge in [-0.05, 0) is 31.2 Å². The Hall–Kier alpha value is -1.99. The number of nitrogens with zero attached hydrogens (tertiary/aromatic N) is 2. The maximum Gasteiger partial charge on any atom is 0.315 e. The standard InChI is InChI=1S/C11H9ClN4O2S/c1-6-15-16-11(19-6)14-10(18)9(17)13-8-4-2-7(12)3-5-8/h2-5H,1H3,(H,13,17)(H,14,16,18). The molecule has 2 N–H and O–H groups in total. The van der Waals surface area contributed by atoms with Crippen molar-refractivity contribution in [3.8, 4) is 0 Å². The zero-order valence-corrected chi connectivity index (χ0v) is 11.4. The van der Waals surface area contributed by atoms with Crippen molar-refractivity contribution in [3.63, 3.8) is 0 Å². The zero-order valence-electron chi connectivity index (χ0n) is 9.81. The molecule has 0 aliphatic carbocycles. The molecule has 2 rings (SSSR count). The molecular weight excluding hydrogens is 288 g/mol. The lowest BCUT2D eigenvalue weighted by molar-refractivity contribution is -0.133. The third-order valence-electron chi connectivity index (χ3n) is 2.05. The molecule has 0 bridgehead atoms. The molecule has 19 heavy (non-hydrogen) atoms. The second-order valence-electron chi connectivity index (χ2n) is 3.54. The molecule has 98 valence electrons. The molecule has 0 radical (unpaired) electrons. The first kappa shape index (κ1) is 13.4. The number of amides is 2. The van der Waals surface area contributed by atoms with Crippen molar-refractivity contribution in [3.05, 3.63) is 34.3 Å². The van der Waals surface area contributed by atoms with Gasteiger partial charge in [0.1, 0.15) is 5.01 Å². The Bertz CT molecular complexity index is 611. The first-order valence-corrected chi connectivity index (χ1v) is 6.42. The molecule has 1 heterocycles. The summed E-state index contributed by atoms with van der Waals surface area (Å²) in [5.74, 6) is -1.58. The number of carbonyl (C=O) groups is 2. The molecule has 6 nitrogen and oxygen atoms in total. The Balaban J connectivity index is 1.96. The summed E-state index contributed by atoms with van der Waals surface area (Å²) in [7, 11) is 0. The fraction of sp³-hybridized carbons (Fsp3) is 0.0909. The fourth-order valence-corrected chi connectivity index (χ4v) is 1.93. The molecule has 2 amide bonds. The van der Waals surface area contributed by atoms with Crippen LogP contribution in [-0.2, 0) is 9.59 Å². The number of rotatable bonds is 2. The van der Waals surface area contributed by atoms with E-state index in [1.165, 1.54) is 11.3 Å². The van der Waals surface area contributed by atoms with Crippen molar-refractivity contribution >= 4 is 45.6 Å². The van der Waals surface area contributed by atoms with Crippen LogP contribution in [0.15, 0.2) is 24.3 Å². The number of halogens is 1. The predicted molar refractivity (Wildman–Crippen MR) is 73.4 cm³/mol. The van der Waals surface area contributed by atoms with Gasteiger partial charge in [0.2, 0.25) is 5.13 Å². The minimum Gasteiger partial charge on any atom is -0.318 e. The lowest BCUT2D eigenvalue weighted by atomic mass is 10.3. The predicted octanol–water partition coefficient (Wildman–Crippen LogP) is 2.08. The number of aryl methyl sites for hydroxylation is 1. The van der Waals surface area contributed by atoms with Gasteiger partial charge in [-0.25, -0.2) is 0 Å². The maximum absolute atomic E-state index is 11.6. The Morgan fingerprint density at radius 2 is 1.74 bits per heavy atom. The Kier molecular flexibility index (Phi) is 4.08. The Morgan fingerprint density at radius 1 is 1.11 bits per heavy atom. The van der Waals surface area contributed by atoms with Crippen LogP contribution in [0.4, 0.5) is 10.8 Å². The van der Waals surface area contributed by atoms with Gasteiger partial charge < -0.3 is 5.32 Å². The average Bonchev–Trinajstić information content (AvgIpc) is 2.77. The minimum atomic E-state index is -0.800. The van der Waals surface area contributed by atoms with Gasteiger partial charge in [-0.2, -0.15) is 0 Å². The maximum atomic E-state index is 11.6. The van der Waals surface area contributed by atoms with Crippen molar-refractivity contribution in [2.75, 3.05) is 10.6 Å². The van der Waals surface area contributed by atoms with Crippen LogP contribution in [0.2, 0.25) is 5.02 Å². The fourth-order valence-electron chi connectivity index (χ4n) is 1.22. The van der Waals surface area contributed by atoms with Crippen LogP contribution in [0.25, 0.3) is 0 Å². The van der Waals surface area contributed by atoms with Gasteiger partial charge in [0, 0.05) is 10.7 Å². The van der Waals surface area contributed by atoms with Crippen molar-refractivity contribution in [2.24, 2.45) is 0 Å². The van der Waals surface area contributed by atoms with Crippen molar-refractivity contribution < 1.29 is 9.59 Å². The van der Waals surface area contributed by atoms with Crippen LogP contribution in [0.3, 0.4) is 0 Å². The van der Waals surface area contributed by atoms with E-state index in [1.54, 1.807) is 31.2 Å². The summed E-state index contributed by atoms with van der Waals surface area (Å²) in [6, 6.07) is 6.43. The van der Waals surface area contributed by atoms with E-state index in [0.717, 1.165) is 0 Å². The lowest BCUT2D eigenvalue weighted by Gasteiger charge is -2.04. The SMILES string of the molecule is Cc1nnc(NC(=O)C(=O)Nc2ccc(Cl)cc2)s1. The molecule has 0 atom stereocenters. The lowest BCUT2D eigenvalue weighted by Crippen LogP contribution is -2.29. The minimum absolute atomic E-state index is 0.286. The summed E-state index contributed by atoms with van der Waals surface area (Å²) in [5.41, 5.74) is 0.484. The smallest absolute Gasteiger partial charge is 0.315 e. The normalized spacial score (nSPS) is 10.0. The van der Waals surface area contributed by atoms with Crippen LogP contribution in [-0.4, -0.2) is 22.0 Å². The zero-order chi connectivity index (χ0) is 13.8. The van der Waals surface area contributed by atoms with Gasteiger partial charge in [-0.3, -0.25) is 14.9 Å². The molecule has 8 heteroatoms. The van der Waals surface area contributed by atoms with Crippen LogP contribution >= 0.6 is 22.9 Å². The number of hydrogen-bond acceptors (Lipinski definition) is 5. The van der Waals surface area contributed by atoms with E-state index >= 15 is 0 Å². The molecule has 0 spiro atoms. The number of carbonyl (C=O) groups excluding carboxylic acids is 2. The number of anilines is 2. The summed E-state index contributed by atoms with van der Waals surface area (Å²) in [5, 5.41) is 13.8. The molecule has 1 aromatic carbocycles. The highest BCUT2D eigenvalue weighted by Crippen LogP contribution is 2.15. The Morgan fingerprint density at radius 3 is 2.32 bits per heavy atom. The number of hydrogen-bond donors (Lipinski definition) is 2. The topological polar surface area (TPSA) is 84.0 Å². The monoisotopic (exact) mass is 296 g/mol. The van der Waals surface area contributed by atoms with E-state index in [2.05, 4.69) is 20.8 Å². The summed E-state index contributed by atoms with van der Waals surface area (Å²) in [6.07, 6.45) is 0. The van der Waals surface area contributed by atoms with Gasteiger partial charge in [-0.15, -0.1) is 10.2 Å². The van der Waals surface area contributed by atoms with Crippen LogP contribution in [0.1, 0.15) is 5.01 Å². The molecule has 0 aliphatic rings. The number of aromatic nitrogens is 2. The van der Waals surface area contributed by atoms with Gasteiger partial charge in [0.25, 0.3) is 0 Å². The molecular formula is C11H9ClN4O2S. The van der Waals surface area contributed by atoms with Crippen LogP contribution in [0, 0.1) is 6.92 Å². The number of nitrogens with one attached hydrogen (secondary N) is 2. The molecule has 1 aromatic heterocycles.